The highest BCUT2D eigenvalue weighted by Gasteiger charge is 2.19. The molecule has 0 radical (unpaired) electrons. The van der Waals surface area contributed by atoms with Gasteiger partial charge in [-0.2, -0.15) is 0 Å². The van der Waals surface area contributed by atoms with E-state index in [1.807, 2.05) is 12.1 Å². The summed E-state index contributed by atoms with van der Waals surface area (Å²) < 4.78 is 0.787. The molecule has 98 valence electrons. The van der Waals surface area contributed by atoms with Crippen LogP contribution in [0.5, 0.6) is 0 Å². The third-order valence-electron chi connectivity index (χ3n) is 2.67. The largest absolute Gasteiger partial charge is 0.323 e. The quantitative estimate of drug-likeness (QED) is 0.912. The predicted molar refractivity (Wildman–Crippen MR) is 80.8 cm³/mol. The Kier molecular flexibility index (Phi) is 4.11. The second kappa shape index (κ2) is 5.29. The number of aromatic nitrogens is 1. The lowest BCUT2D eigenvalue weighted by molar-refractivity contribution is 0.569. The van der Waals surface area contributed by atoms with Gasteiger partial charge in [-0.05, 0) is 12.1 Å². The Morgan fingerprint density at radius 3 is 2.61 bits per heavy atom. The zero-order valence-electron chi connectivity index (χ0n) is 10.7. The van der Waals surface area contributed by atoms with Crippen LogP contribution in [0.4, 0.5) is 0 Å². The molecular formula is C13H17ClN2S2. The van der Waals surface area contributed by atoms with Crippen LogP contribution in [-0.4, -0.2) is 4.98 Å². The summed E-state index contributed by atoms with van der Waals surface area (Å²) in [6.45, 7) is 6.51. The minimum Gasteiger partial charge on any atom is -0.323 e. The van der Waals surface area contributed by atoms with Gasteiger partial charge in [0.05, 0.1) is 15.0 Å². The molecule has 0 aromatic carbocycles. The van der Waals surface area contributed by atoms with E-state index in [0.29, 0.717) is 0 Å². The Balaban J connectivity index is 2.08. The molecule has 0 fully saturated rings. The number of halogens is 1. The molecule has 2 aromatic heterocycles. The van der Waals surface area contributed by atoms with Crippen LogP contribution < -0.4 is 5.73 Å². The normalized spacial score (nSPS) is 13.8. The second-order valence-electron chi connectivity index (χ2n) is 5.33. The number of rotatable bonds is 3. The lowest BCUT2D eigenvalue weighted by Crippen LogP contribution is -2.14. The third kappa shape index (κ3) is 3.32. The highest BCUT2D eigenvalue weighted by Crippen LogP contribution is 2.29. The minimum atomic E-state index is -0.0125. The molecule has 0 saturated carbocycles. The van der Waals surface area contributed by atoms with E-state index in [2.05, 4.69) is 31.1 Å². The molecule has 2 nitrogen and oxygen atoms in total. The van der Waals surface area contributed by atoms with Gasteiger partial charge in [0.2, 0.25) is 0 Å². The molecule has 0 aliphatic heterocycles. The van der Waals surface area contributed by atoms with Gasteiger partial charge >= 0.3 is 0 Å². The van der Waals surface area contributed by atoms with Gasteiger partial charge in [0.15, 0.2) is 0 Å². The van der Waals surface area contributed by atoms with Crippen LogP contribution in [0.1, 0.15) is 42.4 Å². The van der Waals surface area contributed by atoms with E-state index in [9.17, 15) is 0 Å². The average Bonchev–Trinajstić information content (AvgIpc) is 2.85. The summed E-state index contributed by atoms with van der Waals surface area (Å²) in [5, 5.41) is 3.22. The molecule has 2 N–H and O–H groups in total. The first-order chi connectivity index (χ1) is 8.36. The van der Waals surface area contributed by atoms with Crippen molar-refractivity contribution in [3.63, 3.8) is 0 Å². The lowest BCUT2D eigenvalue weighted by atomic mass is 9.93. The minimum absolute atomic E-state index is 0.0125. The maximum atomic E-state index is 6.18. The van der Waals surface area contributed by atoms with Crippen LogP contribution in [0.25, 0.3) is 0 Å². The second-order valence-corrected chi connectivity index (χ2v) is 8.02. The van der Waals surface area contributed by atoms with Gasteiger partial charge < -0.3 is 5.73 Å². The summed E-state index contributed by atoms with van der Waals surface area (Å²) in [5.41, 5.74) is 7.42. The van der Waals surface area contributed by atoms with Gasteiger partial charge in [0, 0.05) is 28.1 Å². The Labute approximate surface area is 121 Å². The molecule has 0 amide bonds. The summed E-state index contributed by atoms with van der Waals surface area (Å²) in [6, 6.07) is 3.88. The van der Waals surface area contributed by atoms with E-state index in [1.165, 1.54) is 0 Å². The van der Waals surface area contributed by atoms with Crippen LogP contribution >= 0.6 is 34.3 Å². The van der Waals surface area contributed by atoms with Crippen LogP contribution in [0.2, 0.25) is 4.34 Å². The number of hydrogen-bond acceptors (Lipinski definition) is 4. The molecule has 0 saturated heterocycles. The molecule has 1 atom stereocenters. The van der Waals surface area contributed by atoms with E-state index in [4.69, 9.17) is 17.3 Å². The molecule has 2 rings (SSSR count). The van der Waals surface area contributed by atoms with Crippen molar-refractivity contribution in [2.75, 3.05) is 0 Å². The fourth-order valence-corrected chi connectivity index (χ4v) is 3.71. The van der Waals surface area contributed by atoms with Gasteiger partial charge in [0.1, 0.15) is 0 Å². The Bertz CT molecular complexity index is 525. The first-order valence-corrected chi connectivity index (χ1v) is 7.89. The van der Waals surface area contributed by atoms with Crippen molar-refractivity contribution in [1.29, 1.82) is 0 Å². The maximum Gasteiger partial charge on any atom is 0.0947 e. The van der Waals surface area contributed by atoms with Gasteiger partial charge in [0.25, 0.3) is 0 Å². The standard InChI is InChI=1S/C13H17ClN2S2/c1-13(2,3)10-7-17-12(16-10)6-8(15)9-4-5-11(14)18-9/h4-5,7-8H,6,15H2,1-3H3. The molecule has 2 heterocycles. The predicted octanol–water partition coefficient (Wildman–Crippen LogP) is 4.40. The Morgan fingerprint density at radius 2 is 2.11 bits per heavy atom. The van der Waals surface area contributed by atoms with E-state index in [-0.39, 0.29) is 11.5 Å². The van der Waals surface area contributed by atoms with Crippen molar-refractivity contribution in [1.82, 2.24) is 4.98 Å². The monoisotopic (exact) mass is 300 g/mol. The Morgan fingerprint density at radius 1 is 1.39 bits per heavy atom. The van der Waals surface area contributed by atoms with E-state index in [1.54, 1.807) is 22.7 Å². The van der Waals surface area contributed by atoms with Crippen LogP contribution in [0.3, 0.4) is 0 Å². The smallest absolute Gasteiger partial charge is 0.0947 e. The average molecular weight is 301 g/mol. The SMILES string of the molecule is CC(C)(C)c1csc(CC(N)c2ccc(Cl)s2)n1. The molecular weight excluding hydrogens is 284 g/mol. The van der Waals surface area contributed by atoms with Crippen molar-refractivity contribution < 1.29 is 0 Å². The first kappa shape index (κ1) is 14.0. The fraction of sp³-hybridized carbons (Fsp3) is 0.462. The van der Waals surface area contributed by atoms with Crippen LogP contribution in [0.15, 0.2) is 17.5 Å². The highest BCUT2D eigenvalue weighted by atomic mass is 35.5. The summed E-state index contributed by atoms with van der Waals surface area (Å²) in [5.74, 6) is 0. The summed E-state index contributed by atoms with van der Waals surface area (Å²) >= 11 is 9.15. The first-order valence-electron chi connectivity index (χ1n) is 5.82. The van der Waals surface area contributed by atoms with E-state index < -0.39 is 0 Å². The Hall–Kier alpha value is -0.420. The molecule has 0 aliphatic carbocycles. The highest BCUT2D eigenvalue weighted by molar-refractivity contribution is 7.16. The van der Waals surface area contributed by atoms with E-state index >= 15 is 0 Å². The molecule has 2 aromatic rings. The van der Waals surface area contributed by atoms with Crippen LogP contribution in [-0.2, 0) is 11.8 Å². The van der Waals surface area contributed by atoms with Gasteiger partial charge in [-0.1, -0.05) is 32.4 Å². The third-order valence-corrected chi connectivity index (χ3v) is 4.91. The molecule has 0 aliphatic rings. The topological polar surface area (TPSA) is 38.9 Å². The molecule has 18 heavy (non-hydrogen) atoms. The molecule has 0 spiro atoms. The van der Waals surface area contributed by atoms with Crippen molar-refractivity contribution in [2.45, 2.75) is 38.6 Å². The number of hydrogen-bond donors (Lipinski definition) is 1. The number of nitrogens with zero attached hydrogens (tertiary/aromatic N) is 1. The molecule has 1 unspecified atom stereocenters. The lowest BCUT2D eigenvalue weighted by Gasteiger charge is -2.14. The van der Waals surface area contributed by atoms with Gasteiger partial charge in [-0.25, -0.2) is 4.98 Å². The van der Waals surface area contributed by atoms with Crippen molar-refractivity contribution in [3.8, 4) is 0 Å². The van der Waals surface area contributed by atoms with E-state index in [0.717, 1.165) is 26.3 Å². The number of thiophene rings is 1. The molecule has 0 bridgehead atoms. The van der Waals surface area contributed by atoms with Crippen molar-refractivity contribution >= 4 is 34.3 Å². The zero-order chi connectivity index (χ0) is 13.3. The molecule has 5 heteroatoms. The maximum absolute atomic E-state index is 6.18. The van der Waals surface area contributed by atoms with Crippen molar-refractivity contribution in [3.05, 3.63) is 37.4 Å². The van der Waals surface area contributed by atoms with Crippen LogP contribution in [0, 0.1) is 0 Å². The van der Waals surface area contributed by atoms with Gasteiger partial charge in [-0.15, -0.1) is 22.7 Å². The summed E-state index contributed by atoms with van der Waals surface area (Å²) in [6.07, 6.45) is 0.775. The zero-order valence-corrected chi connectivity index (χ0v) is 13.1. The number of thiazole rings is 1. The van der Waals surface area contributed by atoms with Crippen molar-refractivity contribution in [2.24, 2.45) is 5.73 Å². The van der Waals surface area contributed by atoms with Gasteiger partial charge in [-0.3, -0.25) is 0 Å². The summed E-state index contributed by atoms with van der Waals surface area (Å²) in [4.78, 5) is 5.78. The fourth-order valence-electron chi connectivity index (χ4n) is 1.57. The number of nitrogens with two attached hydrogens (primary N) is 1. The summed E-state index contributed by atoms with van der Waals surface area (Å²) in [7, 11) is 0.